The Morgan fingerprint density at radius 1 is 1.43 bits per heavy atom. The fourth-order valence-corrected chi connectivity index (χ4v) is 3.40. The van der Waals surface area contributed by atoms with E-state index in [-0.39, 0.29) is 10.8 Å². The van der Waals surface area contributed by atoms with Crippen LogP contribution in [0.15, 0.2) is 27.6 Å². The maximum absolute atomic E-state index is 12.4. The summed E-state index contributed by atoms with van der Waals surface area (Å²) in [6.45, 7) is 5.49. The smallest absolute Gasteiger partial charge is 0.324 e. The highest BCUT2D eigenvalue weighted by atomic mass is 79.9. The average Bonchev–Trinajstić information content (AvgIpc) is 2.45. The molecule has 0 aliphatic rings. The van der Waals surface area contributed by atoms with E-state index in [4.69, 9.17) is 0 Å². The molecule has 1 aromatic rings. The fraction of sp³-hybridized carbons (Fsp3) is 0.500. The zero-order valence-electron chi connectivity index (χ0n) is 12.5. The second-order valence-corrected chi connectivity index (χ2v) is 7.49. The summed E-state index contributed by atoms with van der Waals surface area (Å²) in [5, 5.41) is 0. The summed E-state index contributed by atoms with van der Waals surface area (Å²) in [4.78, 5) is 11.9. The highest BCUT2D eigenvalue weighted by molar-refractivity contribution is 9.10. The number of aryl methyl sites for hydroxylation is 1. The number of nitrogens with one attached hydrogen (secondary N) is 1. The minimum Gasteiger partial charge on any atom is -0.468 e. The highest BCUT2D eigenvalue weighted by Crippen LogP contribution is 2.21. The molecule has 0 aliphatic heterocycles. The van der Waals surface area contributed by atoms with E-state index in [1.807, 2.05) is 6.92 Å². The Hall–Kier alpha value is -0.920. The molecule has 0 aliphatic carbocycles. The van der Waals surface area contributed by atoms with Gasteiger partial charge in [0.05, 0.1) is 12.0 Å². The lowest BCUT2D eigenvalue weighted by Gasteiger charge is -2.21. The Morgan fingerprint density at radius 2 is 2.05 bits per heavy atom. The van der Waals surface area contributed by atoms with Gasteiger partial charge in [0, 0.05) is 4.47 Å². The number of sulfonamides is 1. The van der Waals surface area contributed by atoms with Crippen molar-refractivity contribution in [2.24, 2.45) is 5.92 Å². The number of methoxy groups -OCH3 is 1. The van der Waals surface area contributed by atoms with Crippen LogP contribution in [-0.4, -0.2) is 27.5 Å². The molecule has 0 amide bonds. The van der Waals surface area contributed by atoms with E-state index in [1.165, 1.54) is 13.2 Å². The number of esters is 1. The summed E-state index contributed by atoms with van der Waals surface area (Å²) in [5.74, 6) is -0.745. The van der Waals surface area contributed by atoms with E-state index in [1.54, 1.807) is 26.0 Å². The number of hydrogen-bond donors (Lipinski definition) is 1. The lowest BCUT2D eigenvalue weighted by molar-refractivity contribution is -0.143. The molecule has 0 saturated heterocycles. The third-order valence-corrected chi connectivity index (χ3v) is 5.72. The van der Waals surface area contributed by atoms with Crippen LogP contribution in [0, 0.1) is 12.8 Å². The van der Waals surface area contributed by atoms with Crippen molar-refractivity contribution in [3.8, 4) is 0 Å². The molecule has 0 aromatic heterocycles. The Labute approximate surface area is 134 Å². The van der Waals surface area contributed by atoms with E-state index >= 15 is 0 Å². The number of benzene rings is 1. The largest absolute Gasteiger partial charge is 0.468 e. The zero-order valence-corrected chi connectivity index (χ0v) is 14.9. The van der Waals surface area contributed by atoms with Crippen LogP contribution in [0.2, 0.25) is 0 Å². The van der Waals surface area contributed by atoms with Crippen LogP contribution in [0.4, 0.5) is 0 Å². The predicted octanol–water partition coefficient (Wildman–Crippen LogP) is 2.62. The number of rotatable bonds is 6. The van der Waals surface area contributed by atoms with Crippen molar-refractivity contribution in [1.82, 2.24) is 4.72 Å². The Morgan fingerprint density at radius 3 is 2.52 bits per heavy atom. The first-order chi connectivity index (χ1) is 9.72. The fourth-order valence-electron chi connectivity index (χ4n) is 1.78. The van der Waals surface area contributed by atoms with Gasteiger partial charge in [0.25, 0.3) is 0 Å². The maximum Gasteiger partial charge on any atom is 0.324 e. The summed E-state index contributed by atoms with van der Waals surface area (Å²) in [6, 6.07) is 3.82. The van der Waals surface area contributed by atoms with Gasteiger partial charge in [0.2, 0.25) is 10.0 Å². The van der Waals surface area contributed by atoms with Crippen molar-refractivity contribution in [2.75, 3.05) is 7.11 Å². The maximum atomic E-state index is 12.4. The van der Waals surface area contributed by atoms with Gasteiger partial charge in [-0.2, -0.15) is 4.72 Å². The highest BCUT2D eigenvalue weighted by Gasteiger charge is 2.30. The van der Waals surface area contributed by atoms with Crippen LogP contribution >= 0.6 is 15.9 Å². The van der Waals surface area contributed by atoms with Crippen molar-refractivity contribution >= 4 is 31.9 Å². The molecule has 21 heavy (non-hydrogen) atoms. The van der Waals surface area contributed by atoms with E-state index < -0.39 is 22.0 Å². The normalized spacial score (nSPS) is 14.5. The number of carbonyl (C=O) groups is 1. The zero-order chi connectivity index (χ0) is 16.2. The summed E-state index contributed by atoms with van der Waals surface area (Å²) in [7, 11) is -2.53. The van der Waals surface area contributed by atoms with Gasteiger partial charge in [-0.15, -0.1) is 0 Å². The van der Waals surface area contributed by atoms with Gasteiger partial charge >= 0.3 is 5.97 Å². The molecule has 1 rings (SSSR count). The number of carbonyl (C=O) groups excluding carboxylic acids is 1. The molecule has 0 unspecified atom stereocenters. The van der Waals surface area contributed by atoms with Crippen molar-refractivity contribution < 1.29 is 17.9 Å². The standard InChI is InChI=1S/C14H20BrNO4S/c1-5-9(2)13(14(17)20-4)16-21(18,19)11-6-7-12(15)10(3)8-11/h6-9,13,16H,5H2,1-4H3/t9-,13-/m0/s1. The second-order valence-electron chi connectivity index (χ2n) is 4.92. The van der Waals surface area contributed by atoms with Gasteiger partial charge in [-0.3, -0.25) is 4.79 Å². The van der Waals surface area contributed by atoms with Crippen LogP contribution < -0.4 is 4.72 Å². The molecule has 0 spiro atoms. The molecule has 0 fully saturated rings. The molecule has 2 atom stereocenters. The van der Waals surface area contributed by atoms with Crippen molar-refractivity contribution in [2.45, 2.75) is 38.1 Å². The molecular formula is C14H20BrNO4S. The number of halogens is 1. The average molecular weight is 378 g/mol. The van der Waals surface area contributed by atoms with Crippen LogP contribution in [0.5, 0.6) is 0 Å². The van der Waals surface area contributed by atoms with Crippen molar-refractivity contribution in [3.63, 3.8) is 0 Å². The molecule has 0 radical (unpaired) electrons. The first-order valence-electron chi connectivity index (χ1n) is 6.59. The summed E-state index contributed by atoms with van der Waals surface area (Å²) < 4.78 is 32.8. The van der Waals surface area contributed by atoms with Gasteiger partial charge in [0.1, 0.15) is 6.04 Å². The predicted molar refractivity (Wildman–Crippen MR) is 84.5 cm³/mol. The summed E-state index contributed by atoms with van der Waals surface area (Å²) >= 11 is 3.33. The van der Waals surface area contributed by atoms with Gasteiger partial charge in [-0.1, -0.05) is 36.2 Å². The lowest BCUT2D eigenvalue weighted by Crippen LogP contribution is -2.45. The number of ether oxygens (including phenoxy) is 1. The molecule has 0 heterocycles. The van der Waals surface area contributed by atoms with Crippen LogP contribution in [0.25, 0.3) is 0 Å². The molecule has 1 N–H and O–H groups in total. The quantitative estimate of drug-likeness (QED) is 0.773. The van der Waals surface area contributed by atoms with E-state index in [9.17, 15) is 13.2 Å². The molecule has 1 aromatic carbocycles. The second kappa shape index (κ2) is 7.38. The summed E-state index contributed by atoms with van der Waals surface area (Å²) in [5.41, 5.74) is 0.802. The lowest BCUT2D eigenvalue weighted by atomic mass is 10.0. The molecule has 0 bridgehead atoms. The minimum atomic E-state index is -3.78. The first kappa shape index (κ1) is 18.1. The molecule has 5 nitrogen and oxygen atoms in total. The minimum absolute atomic E-state index is 0.125. The topological polar surface area (TPSA) is 72.5 Å². The Kier molecular flexibility index (Phi) is 6.37. The van der Waals surface area contributed by atoms with Crippen molar-refractivity contribution in [3.05, 3.63) is 28.2 Å². The van der Waals surface area contributed by atoms with Crippen LogP contribution in [0.3, 0.4) is 0 Å². The van der Waals surface area contributed by atoms with Crippen LogP contribution in [-0.2, 0) is 19.6 Å². The van der Waals surface area contributed by atoms with Gasteiger partial charge in [-0.05, 0) is 36.6 Å². The Bertz CT molecular complexity index is 615. The van der Waals surface area contributed by atoms with Gasteiger partial charge in [-0.25, -0.2) is 8.42 Å². The van der Waals surface area contributed by atoms with E-state index in [2.05, 4.69) is 25.4 Å². The van der Waals surface area contributed by atoms with E-state index in [0.717, 1.165) is 10.0 Å². The van der Waals surface area contributed by atoms with Crippen LogP contribution in [0.1, 0.15) is 25.8 Å². The summed E-state index contributed by atoms with van der Waals surface area (Å²) in [6.07, 6.45) is 0.654. The third-order valence-electron chi connectivity index (χ3n) is 3.39. The first-order valence-corrected chi connectivity index (χ1v) is 8.86. The van der Waals surface area contributed by atoms with Gasteiger partial charge in [0.15, 0.2) is 0 Å². The molecule has 0 saturated carbocycles. The van der Waals surface area contributed by atoms with E-state index in [0.29, 0.717) is 6.42 Å². The monoisotopic (exact) mass is 377 g/mol. The SMILES string of the molecule is CC[C@H](C)[C@H](NS(=O)(=O)c1ccc(Br)c(C)c1)C(=O)OC. The van der Waals surface area contributed by atoms with Crippen molar-refractivity contribution in [1.29, 1.82) is 0 Å². The third kappa shape index (κ3) is 4.52. The molecule has 7 heteroatoms. The Balaban J connectivity index is 3.11. The molecule has 118 valence electrons. The molecular weight excluding hydrogens is 358 g/mol. The van der Waals surface area contributed by atoms with Gasteiger partial charge < -0.3 is 4.74 Å². The number of hydrogen-bond acceptors (Lipinski definition) is 4.